The summed E-state index contributed by atoms with van der Waals surface area (Å²) in [5, 5.41) is 10.1. The van der Waals surface area contributed by atoms with E-state index in [0.717, 1.165) is 12.1 Å². The van der Waals surface area contributed by atoms with Crippen LogP contribution in [0.4, 0.5) is 8.78 Å². The van der Waals surface area contributed by atoms with Crippen LogP contribution >= 0.6 is 0 Å². The van der Waals surface area contributed by atoms with Crippen LogP contribution in [0.15, 0.2) is 33.8 Å². The van der Waals surface area contributed by atoms with Crippen molar-refractivity contribution < 1.29 is 22.8 Å². The SMILES string of the molecule is CCNC(=NCc1cc(OC)ccc1OC(F)F)NCc1cc(CC)no1. The zero-order valence-electron chi connectivity index (χ0n) is 15.6. The quantitative estimate of drug-likeness (QED) is 0.512. The second-order valence-corrected chi connectivity index (χ2v) is 5.54. The molecule has 1 aromatic carbocycles. The third-order valence-electron chi connectivity index (χ3n) is 3.64. The van der Waals surface area contributed by atoms with E-state index in [4.69, 9.17) is 9.26 Å². The van der Waals surface area contributed by atoms with Crippen LogP contribution in [-0.2, 0) is 19.5 Å². The van der Waals surface area contributed by atoms with Crippen molar-refractivity contribution in [3.63, 3.8) is 0 Å². The Bertz CT molecular complexity index is 750. The lowest BCUT2D eigenvalue weighted by Crippen LogP contribution is -2.36. The number of methoxy groups -OCH3 is 1. The van der Waals surface area contributed by atoms with Gasteiger partial charge in [0.25, 0.3) is 0 Å². The zero-order chi connectivity index (χ0) is 19.6. The van der Waals surface area contributed by atoms with Gasteiger partial charge in [-0.25, -0.2) is 4.99 Å². The number of hydrogen-bond donors (Lipinski definition) is 2. The Kier molecular flexibility index (Phi) is 7.84. The molecule has 2 aromatic rings. The van der Waals surface area contributed by atoms with Crippen LogP contribution in [0.25, 0.3) is 0 Å². The summed E-state index contributed by atoms with van der Waals surface area (Å²) in [6, 6.07) is 6.49. The van der Waals surface area contributed by atoms with E-state index < -0.39 is 6.61 Å². The minimum Gasteiger partial charge on any atom is -0.497 e. The van der Waals surface area contributed by atoms with Crippen molar-refractivity contribution >= 4 is 5.96 Å². The minimum atomic E-state index is -2.91. The van der Waals surface area contributed by atoms with Crippen LogP contribution in [-0.4, -0.2) is 31.4 Å². The summed E-state index contributed by atoms with van der Waals surface area (Å²) in [6.45, 7) is 2.18. The Balaban J connectivity index is 2.10. The van der Waals surface area contributed by atoms with Gasteiger partial charge in [-0.2, -0.15) is 8.78 Å². The summed E-state index contributed by atoms with van der Waals surface area (Å²) in [4.78, 5) is 4.42. The smallest absolute Gasteiger partial charge is 0.387 e. The molecule has 0 aliphatic rings. The van der Waals surface area contributed by atoms with E-state index in [1.165, 1.54) is 13.2 Å². The molecule has 2 N–H and O–H groups in total. The number of benzene rings is 1. The fourth-order valence-corrected chi connectivity index (χ4v) is 2.30. The molecule has 0 amide bonds. The number of alkyl halides is 2. The van der Waals surface area contributed by atoms with E-state index in [2.05, 4.69) is 25.5 Å². The van der Waals surface area contributed by atoms with Crippen molar-refractivity contribution in [1.82, 2.24) is 15.8 Å². The lowest BCUT2D eigenvalue weighted by atomic mass is 10.2. The van der Waals surface area contributed by atoms with Gasteiger partial charge in [0.15, 0.2) is 11.7 Å². The Labute approximate surface area is 156 Å². The van der Waals surface area contributed by atoms with Crippen LogP contribution in [0.1, 0.15) is 30.9 Å². The van der Waals surface area contributed by atoms with Crippen LogP contribution in [0.5, 0.6) is 11.5 Å². The lowest BCUT2D eigenvalue weighted by Gasteiger charge is -2.13. The molecule has 1 heterocycles. The number of rotatable bonds is 9. The first-order valence-electron chi connectivity index (χ1n) is 8.64. The fourth-order valence-electron chi connectivity index (χ4n) is 2.30. The number of halogens is 2. The normalized spacial score (nSPS) is 11.6. The van der Waals surface area contributed by atoms with Crippen LogP contribution in [0, 0.1) is 0 Å². The van der Waals surface area contributed by atoms with Crippen molar-refractivity contribution in [2.45, 2.75) is 40.0 Å². The topological polar surface area (TPSA) is 80.9 Å². The van der Waals surface area contributed by atoms with E-state index in [1.54, 1.807) is 12.1 Å². The van der Waals surface area contributed by atoms with Crippen molar-refractivity contribution in [3.8, 4) is 11.5 Å². The number of aryl methyl sites for hydroxylation is 1. The molecule has 0 bridgehead atoms. The summed E-state index contributed by atoms with van der Waals surface area (Å²) in [5.74, 6) is 1.79. The highest BCUT2D eigenvalue weighted by molar-refractivity contribution is 5.79. The maximum atomic E-state index is 12.6. The first-order valence-corrected chi connectivity index (χ1v) is 8.64. The van der Waals surface area contributed by atoms with Gasteiger partial charge in [-0.3, -0.25) is 0 Å². The Morgan fingerprint density at radius 2 is 2.07 bits per heavy atom. The molecule has 0 aliphatic carbocycles. The molecular formula is C18H24F2N4O3. The second kappa shape index (κ2) is 10.3. The summed E-state index contributed by atoms with van der Waals surface area (Å²) in [5.41, 5.74) is 1.36. The highest BCUT2D eigenvalue weighted by atomic mass is 19.3. The number of aromatic nitrogens is 1. The van der Waals surface area contributed by atoms with Crippen molar-refractivity contribution in [1.29, 1.82) is 0 Å². The largest absolute Gasteiger partial charge is 0.497 e. The molecule has 0 radical (unpaired) electrons. The number of ether oxygens (including phenoxy) is 2. The van der Waals surface area contributed by atoms with Crippen molar-refractivity contribution in [3.05, 3.63) is 41.3 Å². The summed E-state index contributed by atoms with van der Waals surface area (Å²) >= 11 is 0. The lowest BCUT2D eigenvalue weighted by molar-refractivity contribution is -0.0504. The molecule has 9 heteroatoms. The number of nitrogens with zero attached hydrogens (tertiary/aromatic N) is 2. The maximum Gasteiger partial charge on any atom is 0.387 e. The van der Waals surface area contributed by atoms with E-state index in [-0.39, 0.29) is 12.3 Å². The van der Waals surface area contributed by atoms with Gasteiger partial charge in [-0.05, 0) is 31.5 Å². The standard InChI is InChI=1S/C18H24F2N4O3/c1-4-13-9-15(27-24-13)11-23-18(21-5-2)22-10-12-8-14(25-3)6-7-16(12)26-17(19)20/h6-9,17H,4-5,10-11H2,1-3H3,(H2,21,22,23). The molecular weight excluding hydrogens is 358 g/mol. The molecule has 7 nitrogen and oxygen atoms in total. The molecule has 1 aromatic heterocycles. The van der Waals surface area contributed by atoms with Gasteiger partial charge in [-0.1, -0.05) is 12.1 Å². The van der Waals surface area contributed by atoms with E-state index >= 15 is 0 Å². The molecule has 2 rings (SSSR count). The van der Waals surface area contributed by atoms with Gasteiger partial charge >= 0.3 is 6.61 Å². The van der Waals surface area contributed by atoms with Crippen LogP contribution < -0.4 is 20.1 Å². The summed E-state index contributed by atoms with van der Waals surface area (Å²) in [7, 11) is 1.50. The van der Waals surface area contributed by atoms with Gasteiger partial charge in [0.1, 0.15) is 11.5 Å². The molecule has 0 saturated heterocycles. The third-order valence-corrected chi connectivity index (χ3v) is 3.64. The Morgan fingerprint density at radius 1 is 1.26 bits per heavy atom. The molecule has 0 saturated carbocycles. The minimum absolute atomic E-state index is 0.0632. The predicted molar refractivity (Wildman–Crippen MR) is 97.2 cm³/mol. The second-order valence-electron chi connectivity index (χ2n) is 5.54. The molecule has 0 atom stereocenters. The first kappa shape index (κ1) is 20.5. The van der Waals surface area contributed by atoms with Crippen LogP contribution in [0.3, 0.4) is 0 Å². The maximum absolute atomic E-state index is 12.6. The van der Waals surface area contributed by atoms with E-state index in [9.17, 15) is 8.78 Å². The number of hydrogen-bond acceptors (Lipinski definition) is 5. The highest BCUT2D eigenvalue weighted by Crippen LogP contribution is 2.26. The molecule has 0 unspecified atom stereocenters. The molecule has 0 aliphatic heterocycles. The molecule has 27 heavy (non-hydrogen) atoms. The number of aliphatic imine (C=N–C) groups is 1. The fraction of sp³-hybridized carbons (Fsp3) is 0.444. The predicted octanol–water partition coefficient (Wildman–Crippen LogP) is 3.10. The van der Waals surface area contributed by atoms with Gasteiger partial charge in [-0.15, -0.1) is 0 Å². The van der Waals surface area contributed by atoms with Gasteiger partial charge < -0.3 is 24.6 Å². The average Bonchev–Trinajstić information content (AvgIpc) is 3.12. The first-order chi connectivity index (χ1) is 13.0. The average molecular weight is 382 g/mol. The third kappa shape index (κ3) is 6.43. The van der Waals surface area contributed by atoms with Crippen molar-refractivity contribution in [2.24, 2.45) is 4.99 Å². The summed E-state index contributed by atoms with van der Waals surface area (Å²) in [6.07, 6.45) is 0.792. The molecule has 148 valence electrons. The summed E-state index contributed by atoms with van der Waals surface area (Å²) < 4.78 is 40.2. The zero-order valence-corrected chi connectivity index (χ0v) is 15.6. The van der Waals surface area contributed by atoms with Gasteiger partial charge in [0.2, 0.25) is 0 Å². The van der Waals surface area contributed by atoms with E-state index in [0.29, 0.717) is 36.1 Å². The number of nitrogens with one attached hydrogen (secondary N) is 2. The van der Waals surface area contributed by atoms with Gasteiger partial charge in [0.05, 0.1) is 25.9 Å². The van der Waals surface area contributed by atoms with E-state index in [1.807, 2.05) is 19.9 Å². The monoisotopic (exact) mass is 382 g/mol. The van der Waals surface area contributed by atoms with Gasteiger partial charge in [0, 0.05) is 18.2 Å². The van der Waals surface area contributed by atoms with Crippen LogP contribution in [0.2, 0.25) is 0 Å². The molecule has 0 spiro atoms. The Morgan fingerprint density at radius 3 is 2.70 bits per heavy atom. The highest BCUT2D eigenvalue weighted by Gasteiger charge is 2.11. The van der Waals surface area contributed by atoms with Crippen molar-refractivity contribution in [2.75, 3.05) is 13.7 Å². The molecule has 0 fully saturated rings. The number of guanidine groups is 1. The Hall–Kier alpha value is -2.84.